The van der Waals surface area contributed by atoms with Gasteiger partial charge in [-0.05, 0) is 51.8 Å². The highest BCUT2D eigenvalue weighted by molar-refractivity contribution is 9.10. The van der Waals surface area contributed by atoms with Crippen LogP contribution in [0.4, 0.5) is 5.69 Å². The smallest absolute Gasteiger partial charge is 0.248 e. The van der Waals surface area contributed by atoms with Crippen molar-refractivity contribution in [2.45, 2.75) is 0 Å². The highest BCUT2D eigenvalue weighted by atomic mass is 79.9. The minimum absolute atomic E-state index is 0.215. The number of anilines is 1. The number of halogens is 1. The van der Waals surface area contributed by atoms with E-state index in [0.717, 1.165) is 15.7 Å². The van der Waals surface area contributed by atoms with Crippen LogP contribution in [0.15, 0.2) is 65.7 Å². The number of carbonyl (C=O) groups is 1. The lowest BCUT2D eigenvalue weighted by Crippen LogP contribution is -2.08. The van der Waals surface area contributed by atoms with Crippen molar-refractivity contribution in [3.63, 3.8) is 0 Å². The van der Waals surface area contributed by atoms with Crippen LogP contribution < -0.4 is 14.8 Å². The third-order valence-electron chi connectivity index (χ3n) is 3.10. The summed E-state index contributed by atoms with van der Waals surface area (Å²) in [7, 11) is 1.57. The lowest BCUT2D eigenvalue weighted by molar-refractivity contribution is -0.111. The molecule has 0 atom stereocenters. The lowest BCUT2D eigenvalue weighted by Gasteiger charge is -2.09. The summed E-state index contributed by atoms with van der Waals surface area (Å²) in [5.41, 5.74) is 1.55. The Morgan fingerprint density at radius 2 is 2.04 bits per heavy atom. The summed E-state index contributed by atoms with van der Waals surface area (Å²) in [6, 6.07) is 12.9. The molecule has 0 aromatic heterocycles. The second-order valence-corrected chi connectivity index (χ2v) is 5.67. The van der Waals surface area contributed by atoms with Gasteiger partial charge in [0, 0.05) is 10.5 Å². The molecule has 1 amide bonds. The second-order valence-electron chi connectivity index (χ2n) is 4.81. The molecule has 0 aliphatic rings. The Hall–Kier alpha value is -2.53. The first-order valence-electron chi connectivity index (χ1n) is 7.29. The number of carbonyl (C=O) groups excluding carboxylic acids is 1. The van der Waals surface area contributed by atoms with Gasteiger partial charge in [0.2, 0.25) is 5.91 Å². The molecule has 0 aliphatic heterocycles. The SMILES string of the molecule is C=CCOc1ccc(/C=C/C(=O)Nc2ccccc2Br)cc1OC. The van der Waals surface area contributed by atoms with Crippen LogP contribution in [0.2, 0.25) is 0 Å². The van der Waals surface area contributed by atoms with E-state index in [1.54, 1.807) is 31.4 Å². The Bertz CT molecular complexity index is 756. The highest BCUT2D eigenvalue weighted by Crippen LogP contribution is 2.28. The molecule has 24 heavy (non-hydrogen) atoms. The fourth-order valence-electron chi connectivity index (χ4n) is 1.96. The Morgan fingerprint density at radius 3 is 2.75 bits per heavy atom. The minimum Gasteiger partial charge on any atom is -0.493 e. The van der Waals surface area contributed by atoms with Crippen molar-refractivity contribution in [3.05, 3.63) is 71.2 Å². The van der Waals surface area contributed by atoms with Gasteiger partial charge in [0.15, 0.2) is 11.5 Å². The summed E-state index contributed by atoms with van der Waals surface area (Å²) in [5, 5.41) is 2.81. The molecule has 0 heterocycles. The molecule has 4 nitrogen and oxygen atoms in total. The van der Waals surface area contributed by atoms with Gasteiger partial charge in [-0.3, -0.25) is 4.79 Å². The molecular weight excluding hydrogens is 370 g/mol. The first kappa shape index (κ1) is 17.8. The van der Waals surface area contributed by atoms with Crippen molar-refractivity contribution in [2.24, 2.45) is 0 Å². The van der Waals surface area contributed by atoms with Crippen LogP contribution in [0.25, 0.3) is 6.08 Å². The fraction of sp³-hybridized carbons (Fsp3) is 0.105. The molecule has 0 fully saturated rings. The van der Waals surface area contributed by atoms with Gasteiger partial charge in [0.1, 0.15) is 6.61 Å². The predicted molar refractivity (Wildman–Crippen MR) is 100 cm³/mol. The molecule has 0 radical (unpaired) electrons. The summed E-state index contributed by atoms with van der Waals surface area (Å²) < 4.78 is 11.6. The van der Waals surface area contributed by atoms with Crippen LogP contribution in [0, 0.1) is 0 Å². The first-order chi connectivity index (χ1) is 11.6. The van der Waals surface area contributed by atoms with Crippen molar-refractivity contribution in [1.29, 1.82) is 0 Å². The number of nitrogens with one attached hydrogen (secondary N) is 1. The van der Waals surface area contributed by atoms with Crippen LogP contribution in [0.5, 0.6) is 11.5 Å². The zero-order valence-corrected chi connectivity index (χ0v) is 14.9. The number of para-hydroxylation sites is 1. The number of methoxy groups -OCH3 is 1. The monoisotopic (exact) mass is 387 g/mol. The van der Waals surface area contributed by atoms with Crippen molar-refractivity contribution in [1.82, 2.24) is 0 Å². The van der Waals surface area contributed by atoms with Gasteiger partial charge < -0.3 is 14.8 Å². The van der Waals surface area contributed by atoms with E-state index in [0.29, 0.717) is 18.1 Å². The Kier molecular flexibility index (Phi) is 6.63. The van der Waals surface area contributed by atoms with Crippen molar-refractivity contribution < 1.29 is 14.3 Å². The zero-order chi connectivity index (χ0) is 17.4. The summed E-state index contributed by atoms with van der Waals surface area (Å²) in [6.45, 7) is 4.02. The van der Waals surface area contributed by atoms with Gasteiger partial charge in [-0.1, -0.05) is 30.9 Å². The van der Waals surface area contributed by atoms with E-state index in [1.165, 1.54) is 6.08 Å². The molecule has 0 saturated heterocycles. The number of ether oxygens (including phenoxy) is 2. The predicted octanol–water partition coefficient (Wildman–Crippen LogP) is 4.67. The van der Waals surface area contributed by atoms with Crippen LogP contribution in [0.3, 0.4) is 0 Å². The lowest BCUT2D eigenvalue weighted by atomic mass is 10.2. The van der Waals surface area contributed by atoms with Crippen molar-refractivity contribution in [2.75, 3.05) is 19.0 Å². The molecule has 0 bridgehead atoms. The number of hydrogen-bond donors (Lipinski definition) is 1. The molecule has 124 valence electrons. The average Bonchev–Trinajstić information content (AvgIpc) is 2.60. The molecule has 1 N–H and O–H groups in total. The number of hydrogen-bond acceptors (Lipinski definition) is 3. The summed E-state index contributed by atoms with van der Waals surface area (Å²) in [6.07, 6.45) is 4.85. The normalized spacial score (nSPS) is 10.4. The molecule has 2 rings (SSSR count). The standard InChI is InChI=1S/C19H18BrNO3/c1-3-12-24-17-10-8-14(13-18(17)23-2)9-11-19(22)21-16-7-5-4-6-15(16)20/h3-11,13H,1,12H2,2H3,(H,21,22)/b11-9+. The molecule has 0 aliphatic carbocycles. The third kappa shape index (κ3) is 4.99. The average molecular weight is 388 g/mol. The van der Waals surface area contributed by atoms with E-state index in [1.807, 2.05) is 30.3 Å². The van der Waals surface area contributed by atoms with Crippen LogP contribution in [-0.4, -0.2) is 19.6 Å². The molecule has 2 aromatic rings. The van der Waals surface area contributed by atoms with Crippen molar-refractivity contribution in [3.8, 4) is 11.5 Å². The van der Waals surface area contributed by atoms with Gasteiger partial charge in [-0.15, -0.1) is 0 Å². The number of benzene rings is 2. The van der Waals surface area contributed by atoms with Gasteiger partial charge in [0.25, 0.3) is 0 Å². The van der Waals surface area contributed by atoms with Gasteiger partial charge in [-0.25, -0.2) is 0 Å². The van der Waals surface area contributed by atoms with Gasteiger partial charge in [0.05, 0.1) is 12.8 Å². The molecule has 5 heteroatoms. The summed E-state index contributed by atoms with van der Waals surface area (Å²) in [5.74, 6) is 1.02. The van der Waals surface area contributed by atoms with E-state index in [4.69, 9.17) is 9.47 Å². The van der Waals surface area contributed by atoms with Gasteiger partial charge >= 0.3 is 0 Å². The number of rotatable bonds is 7. The molecule has 0 unspecified atom stereocenters. The van der Waals surface area contributed by atoms with E-state index in [-0.39, 0.29) is 5.91 Å². The topological polar surface area (TPSA) is 47.6 Å². The van der Waals surface area contributed by atoms with E-state index < -0.39 is 0 Å². The van der Waals surface area contributed by atoms with Crippen molar-refractivity contribution >= 4 is 33.6 Å². The van der Waals surface area contributed by atoms with Crippen LogP contribution in [-0.2, 0) is 4.79 Å². The first-order valence-corrected chi connectivity index (χ1v) is 8.08. The quantitative estimate of drug-likeness (QED) is 0.554. The van der Waals surface area contributed by atoms with E-state index in [2.05, 4.69) is 27.8 Å². The Balaban J connectivity index is 2.06. The maximum absolute atomic E-state index is 12.0. The molecular formula is C19H18BrNO3. The summed E-state index contributed by atoms with van der Waals surface area (Å²) >= 11 is 3.39. The fourth-order valence-corrected chi connectivity index (χ4v) is 2.35. The van der Waals surface area contributed by atoms with E-state index in [9.17, 15) is 4.79 Å². The minimum atomic E-state index is -0.215. The van der Waals surface area contributed by atoms with Gasteiger partial charge in [-0.2, -0.15) is 0 Å². The summed E-state index contributed by atoms with van der Waals surface area (Å²) in [4.78, 5) is 12.0. The Morgan fingerprint density at radius 1 is 1.25 bits per heavy atom. The second kappa shape index (κ2) is 8.93. The zero-order valence-electron chi connectivity index (χ0n) is 13.3. The van der Waals surface area contributed by atoms with Crippen LogP contribution in [0.1, 0.15) is 5.56 Å². The maximum Gasteiger partial charge on any atom is 0.248 e. The Labute approximate surface area is 149 Å². The van der Waals surface area contributed by atoms with E-state index >= 15 is 0 Å². The largest absolute Gasteiger partial charge is 0.493 e. The maximum atomic E-state index is 12.0. The third-order valence-corrected chi connectivity index (χ3v) is 3.79. The highest BCUT2D eigenvalue weighted by Gasteiger charge is 2.05. The number of amides is 1. The molecule has 2 aromatic carbocycles. The molecule has 0 spiro atoms. The molecule has 0 saturated carbocycles. The van der Waals surface area contributed by atoms with Crippen LogP contribution >= 0.6 is 15.9 Å².